The fourth-order valence-corrected chi connectivity index (χ4v) is 1.96. The maximum atomic E-state index is 13.1. The molecular formula is C15H17FN2O2. The van der Waals surface area contributed by atoms with E-state index in [9.17, 15) is 9.18 Å². The van der Waals surface area contributed by atoms with Gasteiger partial charge in [0.15, 0.2) is 0 Å². The first-order chi connectivity index (χ1) is 9.47. The molecule has 1 atom stereocenters. The molecule has 0 saturated heterocycles. The second kappa shape index (κ2) is 5.96. The molecule has 0 bridgehead atoms. The molecule has 2 aromatic rings. The Kier molecular flexibility index (Phi) is 4.29. The molecule has 4 nitrogen and oxygen atoms in total. The Morgan fingerprint density at radius 1 is 1.45 bits per heavy atom. The molecule has 1 heterocycles. The van der Waals surface area contributed by atoms with Gasteiger partial charge in [-0.05, 0) is 38.5 Å². The quantitative estimate of drug-likeness (QED) is 0.899. The highest BCUT2D eigenvalue weighted by Crippen LogP contribution is 2.17. The number of benzene rings is 1. The number of aliphatic hydroxyl groups is 1. The molecule has 1 aromatic heterocycles. The van der Waals surface area contributed by atoms with Crippen molar-refractivity contribution >= 4 is 16.8 Å². The zero-order valence-electron chi connectivity index (χ0n) is 11.5. The zero-order valence-corrected chi connectivity index (χ0v) is 11.5. The number of hydrogen-bond donors (Lipinski definition) is 2. The first-order valence-electron chi connectivity index (χ1n) is 6.50. The van der Waals surface area contributed by atoms with Crippen LogP contribution in [0.1, 0.15) is 29.4 Å². The average molecular weight is 276 g/mol. The van der Waals surface area contributed by atoms with Gasteiger partial charge in [-0.2, -0.15) is 0 Å². The third-order valence-corrected chi connectivity index (χ3v) is 3.06. The topological polar surface area (TPSA) is 62.2 Å². The van der Waals surface area contributed by atoms with Crippen molar-refractivity contribution in [1.29, 1.82) is 0 Å². The van der Waals surface area contributed by atoms with Gasteiger partial charge >= 0.3 is 0 Å². The van der Waals surface area contributed by atoms with E-state index in [1.165, 1.54) is 12.1 Å². The molecular weight excluding hydrogens is 259 g/mol. The summed E-state index contributed by atoms with van der Waals surface area (Å²) in [5.74, 6) is -0.583. The minimum absolute atomic E-state index is 0.234. The minimum Gasteiger partial charge on any atom is -0.393 e. The second-order valence-electron chi connectivity index (χ2n) is 4.85. The van der Waals surface area contributed by atoms with Crippen molar-refractivity contribution in [3.8, 4) is 0 Å². The van der Waals surface area contributed by atoms with Crippen molar-refractivity contribution in [2.45, 2.75) is 26.4 Å². The van der Waals surface area contributed by atoms with Crippen LogP contribution in [0.3, 0.4) is 0 Å². The van der Waals surface area contributed by atoms with E-state index >= 15 is 0 Å². The number of nitrogens with one attached hydrogen (secondary N) is 1. The van der Waals surface area contributed by atoms with Crippen molar-refractivity contribution in [3.63, 3.8) is 0 Å². The Balaban J connectivity index is 2.23. The Bertz CT molecular complexity index is 641. The highest BCUT2D eigenvalue weighted by Gasteiger charge is 2.11. The number of aryl methyl sites for hydroxylation is 1. The van der Waals surface area contributed by atoms with Crippen LogP contribution in [-0.2, 0) is 0 Å². The molecule has 0 aliphatic heterocycles. The van der Waals surface area contributed by atoms with Gasteiger partial charge in [-0.1, -0.05) is 0 Å². The lowest BCUT2D eigenvalue weighted by atomic mass is 10.1. The first-order valence-corrected chi connectivity index (χ1v) is 6.50. The van der Waals surface area contributed by atoms with E-state index < -0.39 is 6.10 Å². The monoisotopic (exact) mass is 276 g/mol. The lowest BCUT2D eigenvalue weighted by molar-refractivity contribution is 0.0944. The zero-order chi connectivity index (χ0) is 14.7. The summed E-state index contributed by atoms with van der Waals surface area (Å²) in [4.78, 5) is 16.3. The Morgan fingerprint density at radius 2 is 2.20 bits per heavy atom. The van der Waals surface area contributed by atoms with Crippen molar-refractivity contribution in [2.75, 3.05) is 6.54 Å². The van der Waals surface area contributed by atoms with Crippen LogP contribution in [0.4, 0.5) is 4.39 Å². The SMILES string of the molecule is Cc1nc2cc(F)ccc2cc1C(=O)NCCC(C)O. The molecule has 1 unspecified atom stereocenters. The highest BCUT2D eigenvalue weighted by molar-refractivity contribution is 5.98. The van der Waals surface area contributed by atoms with Crippen LogP contribution in [0.15, 0.2) is 24.3 Å². The van der Waals surface area contributed by atoms with Gasteiger partial charge in [0, 0.05) is 18.0 Å². The summed E-state index contributed by atoms with van der Waals surface area (Å²) >= 11 is 0. The van der Waals surface area contributed by atoms with Gasteiger partial charge in [0.05, 0.1) is 22.9 Å². The number of pyridine rings is 1. The Labute approximate surface area is 116 Å². The van der Waals surface area contributed by atoms with Crippen LogP contribution >= 0.6 is 0 Å². The molecule has 0 fully saturated rings. The normalized spacial score (nSPS) is 12.4. The maximum absolute atomic E-state index is 13.1. The third-order valence-electron chi connectivity index (χ3n) is 3.06. The molecule has 0 aliphatic carbocycles. The number of carbonyl (C=O) groups excluding carboxylic acids is 1. The molecule has 0 spiro atoms. The molecule has 5 heteroatoms. The molecule has 0 aliphatic rings. The van der Waals surface area contributed by atoms with E-state index in [1.54, 1.807) is 26.0 Å². The number of rotatable bonds is 4. The van der Waals surface area contributed by atoms with Gasteiger partial charge < -0.3 is 10.4 Å². The van der Waals surface area contributed by atoms with E-state index in [0.29, 0.717) is 29.7 Å². The van der Waals surface area contributed by atoms with E-state index in [0.717, 1.165) is 5.39 Å². The number of fused-ring (bicyclic) bond motifs is 1. The van der Waals surface area contributed by atoms with Crippen LogP contribution in [0, 0.1) is 12.7 Å². The van der Waals surface area contributed by atoms with Gasteiger partial charge in [-0.15, -0.1) is 0 Å². The standard InChI is InChI=1S/C15H17FN2O2/c1-9(19)5-6-17-15(20)13-7-11-3-4-12(16)8-14(11)18-10(13)2/h3-4,7-9,19H,5-6H2,1-2H3,(H,17,20). The number of nitrogens with zero attached hydrogens (tertiary/aromatic N) is 1. The van der Waals surface area contributed by atoms with E-state index in [1.807, 2.05) is 0 Å². The Morgan fingerprint density at radius 3 is 2.90 bits per heavy atom. The molecule has 106 valence electrons. The summed E-state index contributed by atoms with van der Waals surface area (Å²) in [5.41, 5.74) is 1.55. The Hall–Kier alpha value is -2.01. The van der Waals surface area contributed by atoms with Gasteiger partial charge in [0.2, 0.25) is 0 Å². The fraction of sp³-hybridized carbons (Fsp3) is 0.333. The number of halogens is 1. The molecule has 20 heavy (non-hydrogen) atoms. The van der Waals surface area contributed by atoms with Gasteiger partial charge in [-0.25, -0.2) is 4.39 Å². The van der Waals surface area contributed by atoms with Crippen molar-refractivity contribution in [1.82, 2.24) is 10.3 Å². The molecule has 1 aromatic carbocycles. The number of carbonyl (C=O) groups is 1. The molecule has 0 saturated carbocycles. The van der Waals surface area contributed by atoms with E-state index in [4.69, 9.17) is 5.11 Å². The third kappa shape index (κ3) is 3.30. The summed E-state index contributed by atoms with van der Waals surface area (Å²) < 4.78 is 13.1. The van der Waals surface area contributed by atoms with Gasteiger partial charge in [0.25, 0.3) is 5.91 Å². The van der Waals surface area contributed by atoms with Crippen molar-refractivity contribution < 1.29 is 14.3 Å². The predicted octanol–water partition coefficient (Wildman–Crippen LogP) is 2.18. The average Bonchev–Trinajstić information content (AvgIpc) is 2.37. The summed E-state index contributed by atoms with van der Waals surface area (Å²) in [6.45, 7) is 3.79. The first kappa shape index (κ1) is 14.4. The number of aliphatic hydroxyl groups excluding tert-OH is 1. The largest absolute Gasteiger partial charge is 0.393 e. The number of aromatic nitrogens is 1. The summed E-state index contributed by atoms with van der Waals surface area (Å²) in [7, 11) is 0. The number of hydrogen-bond acceptors (Lipinski definition) is 3. The second-order valence-corrected chi connectivity index (χ2v) is 4.85. The van der Waals surface area contributed by atoms with Gasteiger partial charge in [-0.3, -0.25) is 9.78 Å². The summed E-state index contributed by atoms with van der Waals surface area (Å²) in [6, 6.07) is 5.99. The van der Waals surface area contributed by atoms with Gasteiger partial charge in [0.1, 0.15) is 5.82 Å². The van der Waals surface area contributed by atoms with Crippen LogP contribution in [0.2, 0.25) is 0 Å². The molecule has 0 radical (unpaired) electrons. The van der Waals surface area contributed by atoms with E-state index in [-0.39, 0.29) is 11.7 Å². The van der Waals surface area contributed by atoms with Crippen molar-refractivity contribution in [2.24, 2.45) is 0 Å². The molecule has 2 rings (SSSR count). The fourth-order valence-electron chi connectivity index (χ4n) is 1.96. The van der Waals surface area contributed by atoms with Crippen molar-refractivity contribution in [3.05, 3.63) is 41.3 Å². The smallest absolute Gasteiger partial charge is 0.253 e. The summed E-state index contributed by atoms with van der Waals surface area (Å²) in [5, 5.41) is 12.6. The lowest BCUT2D eigenvalue weighted by Gasteiger charge is -2.09. The van der Waals surface area contributed by atoms with Crippen LogP contribution in [0.5, 0.6) is 0 Å². The lowest BCUT2D eigenvalue weighted by Crippen LogP contribution is -2.27. The molecule has 2 N–H and O–H groups in total. The maximum Gasteiger partial charge on any atom is 0.253 e. The highest BCUT2D eigenvalue weighted by atomic mass is 19.1. The summed E-state index contributed by atoms with van der Waals surface area (Å²) in [6.07, 6.45) is 0.0471. The minimum atomic E-state index is -0.450. The predicted molar refractivity (Wildman–Crippen MR) is 75.1 cm³/mol. The molecule has 1 amide bonds. The van der Waals surface area contributed by atoms with Crippen LogP contribution in [-0.4, -0.2) is 28.6 Å². The van der Waals surface area contributed by atoms with Crippen LogP contribution in [0.25, 0.3) is 10.9 Å². The van der Waals surface area contributed by atoms with E-state index in [2.05, 4.69) is 10.3 Å². The van der Waals surface area contributed by atoms with Crippen LogP contribution < -0.4 is 5.32 Å². The number of amides is 1.